The molecule has 0 aliphatic carbocycles. The lowest BCUT2D eigenvalue weighted by Gasteiger charge is -2.12. The Bertz CT molecular complexity index is 1600. The Kier molecular flexibility index (Phi) is 6.35. The number of rotatable bonds is 8. The molecule has 9 nitrogen and oxygen atoms in total. The van der Waals surface area contributed by atoms with Crippen molar-refractivity contribution in [3.05, 3.63) is 109 Å². The van der Waals surface area contributed by atoms with Crippen LogP contribution in [0.4, 0.5) is 0 Å². The monoisotopic (exact) mass is 491 g/mol. The van der Waals surface area contributed by atoms with Crippen molar-refractivity contribution in [1.82, 2.24) is 24.5 Å². The molecule has 5 rings (SSSR count). The minimum atomic E-state index is -0.347. The lowest BCUT2D eigenvalue weighted by molar-refractivity contribution is 0.102. The van der Waals surface area contributed by atoms with Crippen molar-refractivity contribution in [3.8, 4) is 5.69 Å². The summed E-state index contributed by atoms with van der Waals surface area (Å²) >= 11 is 6.34. The number of para-hydroxylation sites is 1. The van der Waals surface area contributed by atoms with E-state index >= 15 is 0 Å². The van der Waals surface area contributed by atoms with E-state index in [4.69, 9.17) is 20.9 Å². The van der Waals surface area contributed by atoms with Gasteiger partial charge < -0.3 is 9.26 Å². The zero-order valence-corrected chi connectivity index (χ0v) is 19.7. The van der Waals surface area contributed by atoms with E-state index in [1.165, 1.54) is 15.3 Å². The van der Waals surface area contributed by atoms with Crippen LogP contribution in [0.2, 0.25) is 5.02 Å². The molecule has 10 heteroatoms. The third kappa shape index (κ3) is 4.55. The van der Waals surface area contributed by atoms with Crippen LogP contribution in [-0.4, -0.2) is 24.5 Å². The van der Waals surface area contributed by atoms with Crippen molar-refractivity contribution in [2.24, 2.45) is 0 Å². The second kappa shape index (κ2) is 9.73. The van der Waals surface area contributed by atoms with Crippen LogP contribution in [0, 0.1) is 0 Å². The fourth-order valence-corrected chi connectivity index (χ4v) is 4.13. The molecule has 0 fully saturated rings. The summed E-state index contributed by atoms with van der Waals surface area (Å²) < 4.78 is 14.0. The van der Waals surface area contributed by atoms with Gasteiger partial charge in [-0.05, 0) is 17.7 Å². The van der Waals surface area contributed by atoms with E-state index < -0.39 is 0 Å². The van der Waals surface area contributed by atoms with E-state index in [1.807, 2.05) is 37.3 Å². The molecule has 35 heavy (non-hydrogen) atoms. The first-order valence-electron chi connectivity index (χ1n) is 11.1. The van der Waals surface area contributed by atoms with Gasteiger partial charge in [0.25, 0.3) is 11.1 Å². The van der Waals surface area contributed by atoms with Gasteiger partial charge >= 0.3 is 0 Å². The predicted octanol–water partition coefficient (Wildman–Crippen LogP) is 3.84. The van der Waals surface area contributed by atoms with Crippen molar-refractivity contribution in [2.75, 3.05) is 0 Å². The number of nitrogens with zero attached hydrogens (tertiary/aromatic N) is 4. The van der Waals surface area contributed by atoms with Crippen molar-refractivity contribution in [2.45, 2.75) is 33.1 Å². The molecule has 0 spiro atoms. The van der Waals surface area contributed by atoms with Crippen LogP contribution in [0.25, 0.3) is 16.6 Å². The van der Waals surface area contributed by atoms with Crippen LogP contribution in [-0.2, 0) is 30.9 Å². The van der Waals surface area contributed by atoms with Gasteiger partial charge in [-0.25, -0.2) is 4.68 Å². The second-order valence-corrected chi connectivity index (χ2v) is 8.35. The van der Waals surface area contributed by atoms with E-state index in [2.05, 4.69) is 15.2 Å². The Morgan fingerprint density at radius 3 is 2.57 bits per heavy atom. The standard InChI is InChI=1S/C25H22ClN5O4/c1-2-21-27-22(35-29-21)13-30-20(15-34-14-16-8-4-3-5-9-16)24-18(12-23(30)32)28-31(25(24)33)19-11-7-6-10-17(19)26/h3-12,28H,2,13-15H2,1H3. The lowest BCUT2D eigenvalue weighted by atomic mass is 10.2. The van der Waals surface area contributed by atoms with Crippen LogP contribution in [0.3, 0.4) is 0 Å². The van der Waals surface area contributed by atoms with E-state index in [9.17, 15) is 9.59 Å². The van der Waals surface area contributed by atoms with E-state index in [-0.39, 0.29) is 30.2 Å². The van der Waals surface area contributed by atoms with Crippen LogP contribution in [0.15, 0.2) is 74.8 Å². The van der Waals surface area contributed by atoms with Gasteiger partial charge in [-0.2, -0.15) is 4.98 Å². The summed E-state index contributed by atoms with van der Waals surface area (Å²) in [7, 11) is 0. The molecule has 1 N–H and O–H groups in total. The molecule has 0 atom stereocenters. The first-order valence-corrected chi connectivity index (χ1v) is 11.5. The molecule has 178 valence electrons. The highest BCUT2D eigenvalue weighted by Gasteiger charge is 2.20. The third-order valence-corrected chi connectivity index (χ3v) is 5.95. The molecular weight excluding hydrogens is 470 g/mol. The minimum absolute atomic E-state index is 0.0164. The number of aryl methyl sites for hydroxylation is 1. The minimum Gasteiger partial charge on any atom is -0.371 e. The van der Waals surface area contributed by atoms with Gasteiger partial charge in [0.15, 0.2) is 5.82 Å². The molecular formula is C25H22ClN5O4. The summed E-state index contributed by atoms with van der Waals surface area (Å²) in [6, 6.07) is 18.0. The van der Waals surface area contributed by atoms with Gasteiger partial charge in [0.1, 0.15) is 6.54 Å². The number of nitrogens with one attached hydrogen (secondary N) is 1. The third-order valence-electron chi connectivity index (χ3n) is 5.63. The van der Waals surface area contributed by atoms with Gasteiger partial charge in [0, 0.05) is 12.5 Å². The van der Waals surface area contributed by atoms with Gasteiger partial charge in [-0.15, -0.1) is 0 Å². The zero-order chi connectivity index (χ0) is 24.4. The van der Waals surface area contributed by atoms with Crippen molar-refractivity contribution < 1.29 is 9.26 Å². The van der Waals surface area contributed by atoms with Gasteiger partial charge in [-0.1, -0.05) is 66.1 Å². The number of H-pyrrole nitrogens is 1. The molecule has 0 bridgehead atoms. The quantitative estimate of drug-likeness (QED) is 0.353. The Morgan fingerprint density at radius 1 is 1.06 bits per heavy atom. The second-order valence-electron chi connectivity index (χ2n) is 7.94. The predicted molar refractivity (Wildman–Crippen MR) is 131 cm³/mol. The molecule has 0 saturated carbocycles. The highest BCUT2D eigenvalue weighted by Crippen LogP contribution is 2.21. The number of benzene rings is 2. The Morgan fingerprint density at radius 2 is 1.83 bits per heavy atom. The number of fused-ring (bicyclic) bond motifs is 1. The van der Waals surface area contributed by atoms with Gasteiger partial charge in [0.2, 0.25) is 5.89 Å². The normalized spacial score (nSPS) is 11.4. The summed E-state index contributed by atoms with van der Waals surface area (Å²) in [6.45, 7) is 2.26. The average molecular weight is 492 g/mol. The van der Waals surface area contributed by atoms with Gasteiger partial charge in [0.05, 0.1) is 40.5 Å². The Balaban J connectivity index is 1.62. The van der Waals surface area contributed by atoms with Crippen LogP contribution >= 0.6 is 11.6 Å². The summed E-state index contributed by atoms with van der Waals surface area (Å²) in [5, 5.41) is 7.65. The van der Waals surface area contributed by atoms with E-state index in [1.54, 1.807) is 24.3 Å². The molecule has 2 aromatic carbocycles. The summed E-state index contributed by atoms with van der Waals surface area (Å²) in [4.78, 5) is 31.0. The maximum Gasteiger partial charge on any atom is 0.281 e. The van der Waals surface area contributed by atoms with E-state index in [0.717, 1.165) is 5.56 Å². The highest BCUT2D eigenvalue weighted by molar-refractivity contribution is 6.32. The maximum absolute atomic E-state index is 13.6. The first kappa shape index (κ1) is 22.8. The number of pyridine rings is 1. The first-order chi connectivity index (χ1) is 17.0. The molecule has 3 aromatic heterocycles. The Hall–Kier alpha value is -3.95. The number of aromatic nitrogens is 5. The summed E-state index contributed by atoms with van der Waals surface area (Å²) in [6.07, 6.45) is 0.602. The number of halogens is 1. The fraction of sp³-hybridized carbons (Fsp3) is 0.200. The molecule has 0 aliphatic heterocycles. The van der Waals surface area contributed by atoms with Crippen molar-refractivity contribution in [1.29, 1.82) is 0 Å². The fourth-order valence-electron chi connectivity index (χ4n) is 3.91. The highest BCUT2D eigenvalue weighted by atomic mass is 35.5. The van der Waals surface area contributed by atoms with Crippen LogP contribution < -0.4 is 11.1 Å². The zero-order valence-electron chi connectivity index (χ0n) is 18.9. The largest absolute Gasteiger partial charge is 0.371 e. The summed E-state index contributed by atoms with van der Waals surface area (Å²) in [5.74, 6) is 0.813. The number of aromatic amines is 1. The van der Waals surface area contributed by atoms with Crippen molar-refractivity contribution >= 4 is 22.5 Å². The lowest BCUT2D eigenvalue weighted by Crippen LogP contribution is -2.26. The van der Waals surface area contributed by atoms with E-state index in [0.29, 0.717) is 46.2 Å². The molecule has 0 unspecified atom stereocenters. The van der Waals surface area contributed by atoms with Gasteiger partial charge in [-0.3, -0.25) is 19.3 Å². The molecule has 0 amide bonds. The number of hydrogen-bond acceptors (Lipinski definition) is 6. The molecule has 3 heterocycles. The molecule has 5 aromatic rings. The Labute approximate surface area is 204 Å². The SMILES string of the molecule is CCc1noc(Cn2c(COCc3ccccc3)c3c(=O)n(-c4ccccc4Cl)[nH]c3cc2=O)n1. The number of ether oxygens (including phenoxy) is 1. The maximum atomic E-state index is 13.6. The van der Waals surface area contributed by atoms with Crippen molar-refractivity contribution in [3.63, 3.8) is 0 Å². The molecule has 0 saturated heterocycles. The van der Waals surface area contributed by atoms with Crippen LogP contribution in [0.1, 0.15) is 29.9 Å². The molecule has 0 aliphatic rings. The average Bonchev–Trinajstić information content (AvgIpc) is 3.46. The van der Waals surface area contributed by atoms with Crippen LogP contribution in [0.5, 0.6) is 0 Å². The topological polar surface area (TPSA) is 108 Å². The molecule has 0 radical (unpaired) electrons. The smallest absolute Gasteiger partial charge is 0.281 e. The number of hydrogen-bond donors (Lipinski definition) is 1. The summed E-state index contributed by atoms with van der Waals surface area (Å²) in [5.41, 5.74) is 1.57.